The summed E-state index contributed by atoms with van der Waals surface area (Å²) in [7, 11) is 0. The quantitative estimate of drug-likeness (QED) is 0.799. The fourth-order valence-electron chi connectivity index (χ4n) is 2.19. The number of carboxylic acids is 1. The maximum atomic E-state index is 13.6. The Morgan fingerprint density at radius 1 is 1.24 bits per heavy atom. The second kappa shape index (κ2) is 5.32. The van der Waals surface area contributed by atoms with E-state index in [2.05, 4.69) is 10.3 Å². The fourth-order valence-corrected chi connectivity index (χ4v) is 2.19. The molecule has 0 amide bonds. The molecule has 0 radical (unpaired) electrons. The van der Waals surface area contributed by atoms with Gasteiger partial charge >= 0.3 is 5.97 Å². The molecule has 3 rings (SSSR count). The number of fused-ring (bicyclic) bond motifs is 1. The van der Waals surface area contributed by atoms with Crippen molar-refractivity contribution in [3.05, 3.63) is 59.4 Å². The molecule has 1 heterocycles. The van der Waals surface area contributed by atoms with Crippen molar-refractivity contribution >= 4 is 17.0 Å². The summed E-state index contributed by atoms with van der Waals surface area (Å²) in [4.78, 5) is 11.0. The third-order valence-corrected chi connectivity index (χ3v) is 3.31. The number of hydrogen-bond acceptors (Lipinski definition) is 3. The van der Waals surface area contributed by atoms with E-state index >= 15 is 0 Å². The highest BCUT2D eigenvalue weighted by Gasteiger charge is 2.10. The van der Waals surface area contributed by atoms with Crippen LogP contribution in [0, 0.1) is 5.82 Å². The average molecular weight is 285 g/mol. The Labute approximate surface area is 119 Å². The van der Waals surface area contributed by atoms with Crippen LogP contribution in [0.15, 0.2) is 42.5 Å². The predicted molar refractivity (Wildman–Crippen MR) is 74.6 cm³/mol. The maximum Gasteiger partial charge on any atom is 0.335 e. The highest BCUT2D eigenvalue weighted by atomic mass is 19.1. The van der Waals surface area contributed by atoms with Gasteiger partial charge in [-0.2, -0.15) is 0 Å². The summed E-state index contributed by atoms with van der Waals surface area (Å²) in [6, 6.07) is 11.2. The summed E-state index contributed by atoms with van der Waals surface area (Å²) >= 11 is 0. The van der Waals surface area contributed by atoms with Crippen LogP contribution in [0.1, 0.15) is 15.9 Å². The van der Waals surface area contributed by atoms with Gasteiger partial charge in [-0.1, -0.05) is 23.4 Å². The molecule has 1 N–H and O–H groups in total. The smallest absolute Gasteiger partial charge is 0.335 e. The van der Waals surface area contributed by atoms with Crippen LogP contribution in [0.5, 0.6) is 0 Å². The molecule has 0 aliphatic rings. The molecule has 5 nitrogen and oxygen atoms in total. The Morgan fingerprint density at radius 3 is 2.81 bits per heavy atom. The molecule has 0 saturated carbocycles. The van der Waals surface area contributed by atoms with Crippen molar-refractivity contribution in [1.82, 2.24) is 15.0 Å². The number of carboxylic acid groups (broad SMARTS) is 1. The Hall–Kier alpha value is -2.76. The van der Waals surface area contributed by atoms with E-state index < -0.39 is 5.97 Å². The molecule has 0 aliphatic heterocycles. The zero-order chi connectivity index (χ0) is 14.8. The molecule has 3 aromatic rings. The maximum absolute atomic E-state index is 13.6. The van der Waals surface area contributed by atoms with Crippen molar-refractivity contribution in [3.63, 3.8) is 0 Å². The fraction of sp³-hybridized carbons (Fsp3) is 0.133. The molecular weight excluding hydrogens is 273 g/mol. The van der Waals surface area contributed by atoms with E-state index in [4.69, 9.17) is 5.11 Å². The zero-order valence-corrected chi connectivity index (χ0v) is 11.0. The number of halogens is 1. The van der Waals surface area contributed by atoms with Crippen LogP contribution in [-0.4, -0.2) is 26.1 Å². The van der Waals surface area contributed by atoms with E-state index in [0.717, 1.165) is 0 Å². The molecule has 2 aromatic carbocycles. The van der Waals surface area contributed by atoms with Gasteiger partial charge in [0.15, 0.2) is 0 Å². The average Bonchev–Trinajstić information content (AvgIpc) is 2.88. The van der Waals surface area contributed by atoms with Gasteiger partial charge in [-0.05, 0) is 36.2 Å². The van der Waals surface area contributed by atoms with E-state index in [9.17, 15) is 9.18 Å². The standard InChI is InChI=1S/C15H12FN3O2/c16-12-4-2-1-3-10(12)7-8-19-14-9-11(15(20)21)5-6-13(14)17-18-19/h1-6,9H,7-8H2,(H,20,21). The molecule has 0 fully saturated rings. The summed E-state index contributed by atoms with van der Waals surface area (Å²) < 4.78 is 15.2. The normalized spacial score (nSPS) is 10.9. The molecule has 21 heavy (non-hydrogen) atoms. The zero-order valence-electron chi connectivity index (χ0n) is 11.0. The first-order valence-electron chi connectivity index (χ1n) is 6.45. The van der Waals surface area contributed by atoms with E-state index in [0.29, 0.717) is 29.6 Å². The monoisotopic (exact) mass is 285 g/mol. The number of carbonyl (C=O) groups is 1. The van der Waals surface area contributed by atoms with Crippen molar-refractivity contribution in [1.29, 1.82) is 0 Å². The largest absolute Gasteiger partial charge is 0.478 e. The SMILES string of the molecule is O=C(O)c1ccc2nnn(CCc3ccccc3F)c2c1. The van der Waals surface area contributed by atoms with Crippen LogP contribution < -0.4 is 0 Å². The minimum atomic E-state index is -1.00. The molecule has 0 spiro atoms. The second-order valence-corrected chi connectivity index (χ2v) is 4.66. The number of benzene rings is 2. The van der Waals surface area contributed by atoms with Crippen LogP contribution in [0.3, 0.4) is 0 Å². The number of aromatic nitrogens is 3. The van der Waals surface area contributed by atoms with Crippen LogP contribution in [0.4, 0.5) is 4.39 Å². The lowest BCUT2D eigenvalue weighted by Crippen LogP contribution is -2.05. The Balaban J connectivity index is 1.89. The van der Waals surface area contributed by atoms with Gasteiger partial charge < -0.3 is 5.11 Å². The Bertz CT molecular complexity index is 814. The number of aryl methyl sites for hydroxylation is 2. The molecule has 0 saturated heterocycles. The first-order chi connectivity index (χ1) is 10.1. The summed E-state index contributed by atoms with van der Waals surface area (Å²) in [6.45, 7) is 0.431. The molecule has 0 aliphatic carbocycles. The molecular formula is C15H12FN3O2. The van der Waals surface area contributed by atoms with Gasteiger partial charge in [-0.3, -0.25) is 0 Å². The van der Waals surface area contributed by atoms with Gasteiger partial charge in [-0.15, -0.1) is 5.10 Å². The van der Waals surface area contributed by atoms with Crippen molar-refractivity contribution in [3.8, 4) is 0 Å². The lowest BCUT2D eigenvalue weighted by molar-refractivity contribution is 0.0697. The summed E-state index contributed by atoms with van der Waals surface area (Å²) in [5.74, 6) is -1.26. The first-order valence-corrected chi connectivity index (χ1v) is 6.45. The van der Waals surface area contributed by atoms with E-state index in [-0.39, 0.29) is 11.4 Å². The highest BCUT2D eigenvalue weighted by molar-refractivity contribution is 5.92. The third-order valence-electron chi connectivity index (χ3n) is 3.31. The van der Waals surface area contributed by atoms with Crippen LogP contribution in [0.2, 0.25) is 0 Å². The Kier molecular flexibility index (Phi) is 3.35. The Morgan fingerprint density at radius 2 is 2.05 bits per heavy atom. The third kappa shape index (κ3) is 2.60. The molecule has 0 atom stereocenters. The van der Waals surface area contributed by atoms with E-state index in [1.54, 1.807) is 28.9 Å². The second-order valence-electron chi connectivity index (χ2n) is 4.66. The first kappa shape index (κ1) is 13.2. The summed E-state index contributed by atoms with van der Waals surface area (Å²) in [5.41, 5.74) is 2.02. The van der Waals surface area contributed by atoms with Gasteiger partial charge in [0.1, 0.15) is 11.3 Å². The van der Waals surface area contributed by atoms with Crippen molar-refractivity contribution in [2.24, 2.45) is 0 Å². The molecule has 6 heteroatoms. The summed E-state index contributed by atoms with van der Waals surface area (Å²) in [6.07, 6.45) is 0.461. The summed E-state index contributed by atoms with van der Waals surface area (Å²) in [5, 5.41) is 17.0. The van der Waals surface area contributed by atoms with Crippen molar-refractivity contribution in [2.75, 3.05) is 0 Å². The molecule has 1 aromatic heterocycles. The predicted octanol–water partition coefficient (Wildman–Crippen LogP) is 2.51. The van der Waals surface area contributed by atoms with E-state index in [1.807, 2.05) is 0 Å². The van der Waals surface area contributed by atoms with Gasteiger partial charge in [-0.25, -0.2) is 13.9 Å². The minimum absolute atomic E-state index is 0.178. The number of aromatic carboxylic acids is 1. The van der Waals surface area contributed by atoms with E-state index in [1.165, 1.54) is 18.2 Å². The molecule has 0 unspecified atom stereocenters. The lowest BCUT2D eigenvalue weighted by atomic mass is 10.1. The van der Waals surface area contributed by atoms with Gasteiger partial charge in [0, 0.05) is 6.54 Å². The topological polar surface area (TPSA) is 68.0 Å². The van der Waals surface area contributed by atoms with Crippen molar-refractivity contribution in [2.45, 2.75) is 13.0 Å². The number of hydrogen-bond donors (Lipinski definition) is 1. The molecule has 0 bridgehead atoms. The van der Waals surface area contributed by atoms with Crippen molar-refractivity contribution < 1.29 is 14.3 Å². The van der Waals surface area contributed by atoms with Crippen LogP contribution >= 0.6 is 0 Å². The van der Waals surface area contributed by atoms with Crippen LogP contribution in [0.25, 0.3) is 11.0 Å². The highest BCUT2D eigenvalue weighted by Crippen LogP contribution is 2.15. The van der Waals surface area contributed by atoms with Gasteiger partial charge in [0.2, 0.25) is 0 Å². The van der Waals surface area contributed by atoms with Gasteiger partial charge in [0.05, 0.1) is 11.1 Å². The van der Waals surface area contributed by atoms with Gasteiger partial charge in [0.25, 0.3) is 0 Å². The van der Waals surface area contributed by atoms with Crippen LogP contribution in [-0.2, 0) is 13.0 Å². The minimum Gasteiger partial charge on any atom is -0.478 e. The number of nitrogens with zero attached hydrogens (tertiary/aromatic N) is 3. The molecule has 106 valence electrons. The number of rotatable bonds is 4. The lowest BCUT2D eigenvalue weighted by Gasteiger charge is -2.04.